The topological polar surface area (TPSA) is 46.2 Å². The molecular formula is C27H56O5Si. The molecule has 1 aliphatic rings. The molecule has 1 saturated heterocycles. The van der Waals surface area contributed by atoms with Gasteiger partial charge in [0.25, 0.3) is 0 Å². The maximum absolute atomic E-state index is 6.54. The molecule has 5 nitrogen and oxygen atoms in total. The third-order valence-electron chi connectivity index (χ3n) is 8.03. The van der Waals surface area contributed by atoms with E-state index in [-0.39, 0.29) is 17.2 Å². The largest absolute Gasteiger partial charge is 0.414 e. The lowest BCUT2D eigenvalue weighted by Gasteiger charge is -2.52. The number of hydrogen-bond donors (Lipinski definition) is 0. The Balaban J connectivity index is 2.64. The van der Waals surface area contributed by atoms with E-state index in [9.17, 15) is 0 Å². The molecule has 6 heteroatoms. The van der Waals surface area contributed by atoms with Gasteiger partial charge in [-0.2, -0.15) is 0 Å². The molecule has 0 unspecified atom stereocenters. The van der Waals surface area contributed by atoms with Crippen molar-refractivity contribution in [3.8, 4) is 0 Å². The van der Waals surface area contributed by atoms with Crippen LogP contribution in [0.5, 0.6) is 0 Å². The molecule has 0 N–H and O–H groups in total. The van der Waals surface area contributed by atoms with Crippen LogP contribution in [-0.2, 0) is 23.4 Å². The zero-order valence-corrected chi connectivity index (χ0v) is 24.7. The van der Waals surface area contributed by atoms with Crippen molar-refractivity contribution < 1.29 is 23.4 Å². The summed E-state index contributed by atoms with van der Waals surface area (Å²) in [5.41, 5.74) is 0. The SMILES string of the molecule is CCCCCCCCCCCC[C@@H]1O[C@@](C)(OC)[C@](C)(OC)O[C@@H]1CO[Si](C)(C)C(C)(C)C. The number of rotatable bonds is 16. The average Bonchev–Trinajstić information content (AvgIpc) is 2.75. The molecule has 0 aliphatic carbocycles. The van der Waals surface area contributed by atoms with Crippen LogP contribution in [0.3, 0.4) is 0 Å². The lowest BCUT2D eigenvalue weighted by atomic mass is 9.99. The fraction of sp³-hybridized carbons (Fsp3) is 1.00. The lowest BCUT2D eigenvalue weighted by Crippen LogP contribution is -2.66. The number of hydrogen-bond acceptors (Lipinski definition) is 5. The first-order valence-electron chi connectivity index (χ1n) is 13.5. The molecule has 1 fully saturated rings. The highest BCUT2D eigenvalue weighted by atomic mass is 28.4. The third-order valence-corrected chi connectivity index (χ3v) is 12.5. The Hall–Kier alpha value is 0.0169. The lowest BCUT2D eigenvalue weighted by molar-refractivity contribution is -0.449. The summed E-state index contributed by atoms with van der Waals surface area (Å²) in [4.78, 5) is 0. The maximum atomic E-state index is 6.54. The smallest absolute Gasteiger partial charge is 0.220 e. The molecule has 0 aromatic rings. The molecule has 1 rings (SSSR count). The summed E-state index contributed by atoms with van der Waals surface area (Å²) in [6.45, 7) is 18.0. The number of ether oxygens (including phenoxy) is 4. The van der Waals surface area contributed by atoms with Crippen LogP contribution in [0, 0.1) is 0 Å². The zero-order valence-electron chi connectivity index (χ0n) is 23.7. The molecule has 0 spiro atoms. The normalized spacial score (nSPS) is 28.9. The van der Waals surface area contributed by atoms with Gasteiger partial charge in [-0.25, -0.2) is 0 Å². The molecule has 0 saturated carbocycles. The molecule has 0 amide bonds. The molecule has 4 atom stereocenters. The second-order valence-electron chi connectivity index (χ2n) is 11.7. The molecule has 198 valence electrons. The van der Waals surface area contributed by atoms with E-state index >= 15 is 0 Å². The molecule has 0 bridgehead atoms. The van der Waals surface area contributed by atoms with Gasteiger partial charge in [0.15, 0.2) is 8.32 Å². The Morgan fingerprint density at radius 1 is 0.727 bits per heavy atom. The highest BCUT2D eigenvalue weighted by Gasteiger charge is 2.56. The highest BCUT2D eigenvalue weighted by Crippen LogP contribution is 2.42. The standard InChI is InChI=1S/C27H56O5Si/c1-11-12-13-14-15-16-17-18-19-20-21-23-24(22-30-33(9,10)25(2,3)4)32-27(6,29-8)26(5,28-7)31-23/h23-24H,11-22H2,1-10H3/t23-,24+,26+,27+/m0/s1. The van der Waals surface area contributed by atoms with Crippen LogP contribution in [0.25, 0.3) is 0 Å². The minimum atomic E-state index is -1.89. The van der Waals surface area contributed by atoms with Gasteiger partial charge in [0.05, 0.1) is 12.7 Å². The Morgan fingerprint density at radius 3 is 1.58 bits per heavy atom. The molecular weight excluding hydrogens is 432 g/mol. The van der Waals surface area contributed by atoms with Crippen LogP contribution >= 0.6 is 0 Å². The zero-order chi connectivity index (χ0) is 25.2. The Kier molecular flexibility index (Phi) is 13.1. The van der Waals surface area contributed by atoms with Crippen molar-refractivity contribution in [3.63, 3.8) is 0 Å². The van der Waals surface area contributed by atoms with Crippen molar-refractivity contribution >= 4 is 8.32 Å². The Bertz CT molecular complexity index is 535. The number of unbranched alkanes of at least 4 members (excludes halogenated alkanes) is 9. The first-order chi connectivity index (χ1) is 15.4. The van der Waals surface area contributed by atoms with E-state index in [4.69, 9.17) is 23.4 Å². The van der Waals surface area contributed by atoms with Crippen molar-refractivity contribution in [2.24, 2.45) is 0 Å². The van der Waals surface area contributed by atoms with Gasteiger partial charge in [0.1, 0.15) is 6.10 Å². The number of methoxy groups -OCH3 is 2. The van der Waals surface area contributed by atoms with E-state index in [1.807, 2.05) is 13.8 Å². The van der Waals surface area contributed by atoms with Gasteiger partial charge in [0, 0.05) is 14.2 Å². The van der Waals surface area contributed by atoms with Gasteiger partial charge in [0.2, 0.25) is 11.6 Å². The monoisotopic (exact) mass is 488 g/mol. The summed E-state index contributed by atoms with van der Waals surface area (Å²) < 4.78 is 31.1. The fourth-order valence-electron chi connectivity index (χ4n) is 4.14. The van der Waals surface area contributed by atoms with Gasteiger partial charge in [-0.05, 0) is 38.4 Å². The predicted octanol–water partition coefficient (Wildman–Crippen LogP) is 7.83. The van der Waals surface area contributed by atoms with Crippen LogP contribution in [-0.4, -0.2) is 52.9 Å². The van der Waals surface area contributed by atoms with Crippen LogP contribution in [0.1, 0.15) is 112 Å². The van der Waals surface area contributed by atoms with E-state index in [2.05, 4.69) is 40.8 Å². The van der Waals surface area contributed by atoms with E-state index in [0.29, 0.717) is 6.61 Å². The second-order valence-corrected chi connectivity index (χ2v) is 16.5. The highest BCUT2D eigenvalue weighted by molar-refractivity contribution is 6.74. The van der Waals surface area contributed by atoms with E-state index in [1.54, 1.807) is 14.2 Å². The van der Waals surface area contributed by atoms with Crippen LogP contribution in [0.2, 0.25) is 18.1 Å². The third kappa shape index (κ3) is 9.19. The van der Waals surface area contributed by atoms with Gasteiger partial charge in [-0.3, -0.25) is 0 Å². The van der Waals surface area contributed by atoms with E-state index in [0.717, 1.165) is 12.8 Å². The molecule has 0 aromatic carbocycles. The Labute approximate surface area is 206 Å². The summed E-state index contributed by atoms with van der Waals surface area (Å²) in [6, 6.07) is 0. The first kappa shape index (κ1) is 31.0. The average molecular weight is 489 g/mol. The molecule has 33 heavy (non-hydrogen) atoms. The van der Waals surface area contributed by atoms with Crippen molar-refractivity contribution in [3.05, 3.63) is 0 Å². The minimum Gasteiger partial charge on any atom is -0.414 e. The first-order valence-corrected chi connectivity index (χ1v) is 16.4. The van der Waals surface area contributed by atoms with Crippen molar-refractivity contribution in [2.45, 2.75) is 154 Å². The predicted molar refractivity (Wildman–Crippen MR) is 140 cm³/mol. The van der Waals surface area contributed by atoms with Gasteiger partial charge in [-0.15, -0.1) is 0 Å². The molecule has 0 radical (unpaired) electrons. The van der Waals surface area contributed by atoms with Crippen molar-refractivity contribution in [1.82, 2.24) is 0 Å². The Morgan fingerprint density at radius 2 is 1.15 bits per heavy atom. The van der Waals surface area contributed by atoms with Crippen LogP contribution < -0.4 is 0 Å². The van der Waals surface area contributed by atoms with Crippen LogP contribution in [0.4, 0.5) is 0 Å². The van der Waals surface area contributed by atoms with Gasteiger partial charge >= 0.3 is 0 Å². The van der Waals surface area contributed by atoms with E-state index in [1.165, 1.54) is 57.8 Å². The fourth-order valence-corrected chi connectivity index (χ4v) is 5.15. The van der Waals surface area contributed by atoms with Crippen molar-refractivity contribution in [1.29, 1.82) is 0 Å². The minimum absolute atomic E-state index is 0.0722. The summed E-state index contributed by atoms with van der Waals surface area (Å²) in [5, 5.41) is 0.153. The quantitative estimate of drug-likeness (QED) is 0.164. The molecule has 1 aliphatic heterocycles. The van der Waals surface area contributed by atoms with Crippen LogP contribution in [0.15, 0.2) is 0 Å². The summed E-state index contributed by atoms with van der Waals surface area (Å²) in [6.07, 6.45) is 13.9. The maximum Gasteiger partial charge on any atom is 0.220 e. The van der Waals surface area contributed by atoms with Crippen molar-refractivity contribution in [2.75, 3.05) is 20.8 Å². The molecule has 0 aromatic heterocycles. The second kappa shape index (κ2) is 13.9. The summed E-state index contributed by atoms with van der Waals surface area (Å²) in [5.74, 6) is -1.95. The van der Waals surface area contributed by atoms with Gasteiger partial charge in [-0.1, -0.05) is 91.9 Å². The van der Waals surface area contributed by atoms with Gasteiger partial charge < -0.3 is 23.4 Å². The summed E-state index contributed by atoms with van der Waals surface area (Å²) in [7, 11) is 1.41. The summed E-state index contributed by atoms with van der Waals surface area (Å²) >= 11 is 0. The molecule has 1 heterocycles. The van der Waals surface area contributed by atoms with E-state index < -0.39 is 19.9 Å².